The fourth-order valence-corrected chi connectivity index (χ4v) is 4.27. The molecule has 31 heavy (non-hydrogen) atoms. The van der Waals surface area contributed by atoms with Gasteiger partial charge in [0.2, 0.25) is 6.79 Å². The summed E-state index contributed by atoms with van der Waals surface area (Å²) in [4.78, 5) is 20.2. The Hall–Kier alpha value is -3.18. The second-order valence-corrected chi connectivity index (χ2v) is 8.70. The predicted molar refractivity (Wildman–Crippen MR) is 119 cm³/mol. The molecule has 3 aromatic rings. The molecule has 0 N–H and O–H groups in total. The lowest BCUT2D eigenvalue weighted by atomic mass is 9.88. The predicted octanol–water partition coefficient (Wildman–Crippen LogP) is 4.38. The molecule has 0 atom stereocenters. The molecular weight excluding hydrogens is 388 g/mol. The van der Waals surface area contributed by atoms with Gasteiger partial charge in [0.15, 0.2) is 11.5 Å². The van der Waals surface area contributed by atoms with Gasteiger partial charge in [-0.25, -0.2) is 0 Å². The average molecular weight is 415 g/mol. The molecule has 2 heterocycles. The highest BCUT2D eigenvalue weighted by molar-refractivity contribution is 5.94. The first-order valence-electron chi connectivity index (χ1n) is 10.7. The van der Waals surface area contributed by atoms with E-state index < -0.39 is 5.41 Å². The van der Waals surface area contributed by atoms with Crippen molar-refractivity contribution >= 4 is 5.78 Å². The molecule has 1 saturated carbocycles. The monoisotopic (exact) mass is 414 g/mol. The van der Waals surface area contributed by atoms with Crippen LogP contribution in [0.5, 0.6) is 11.5 Å². The Morgan fingerprint density at radius 3 is 2.52 bits per heavy atom. The van der Waals surface area contributed by atoms with E-state index in [1.54, 1.807) is 0 Å². The van der Waals surface area contributed by atoms with E-state index in [1.165, 1.54) is 5.56 Å². The van der Waals surface area contributed by atoms with Gasteiger partial charge in [0.05, 0.1) is 11.1 Å². The quantitative estimate of drug-likeness (QED) is 0.574. The molecule has 0 spiro atoms. The number of carbonyl (C=O) groups excluding carboxylic acids is 1. The third-order valence-electron chi connectivity index (χ3n) is 6.11. The number of aromatic nitrogens is 1. The number of rotatable bonds is 7. The van der Waals surface area contributed by atoms with Crippen molar-refractivity contribution in [3.63, 3.8) is 0 Å². The Labute approximate surface area is 182 Å². The zero-order valence-corrected chi connectivity index (χ0v) is 17.9. The highest BCUT2D eigenvalue weighted by Crippen LogP contribution is 2.51. The van der Waals surface area contributed by atoms with Gasteiger partial charge in [-0.1, -0.05) is 36.4 Å². The molecule has 5 rings (SSSR count). The summed E-state index contributed by atoms with van der Waals surface area (Å²) in [6, 6.07) is 20.3. The minimum atomic E-state index is -0.410. The number of nitrogens with zero attached hydrogens (tertiary/aromatic N) is 2. The third kappa shape index (κ3) is 3.93. The third-order valence-corrected chi connectivity index (χ3v) is 6.11. The van der Waals surface area contributed by atoms with Crippen molar-refractivity contribution in [2.24, 2.45) is 0 Å². The first-order valence-corrected chi connectivity index (χ1v) is 10.7. The van der Waals surface area contributed by atoms with Gasteiger partial charge < -0.3 is 14.4 Å². The molecule has 2 aliphatic rings. The van der Waals surface area contributed by atoms with Crippen LogP contribution in [-0.4, -0.2) is 36.6 Å². The normalized spacial score (nSPS) is 15.8. The van der Waals surface area contributed by atoms with Crippen LogP contribution in [0, 0.1) is 0 Å². The van der Waals surface area contributed by atoms with Crippen molar-refractivity contribution < 1.29 is 14.3 Å². The topological polar surface area (TPSA) is 51.7 Å². The smallest absolute Gasteiger partial charge is 0.231 e. The van der Waals surface area contributed by atoms with Crippen LogP contribution in [-0.2, 0) is 23.2 Å². The fourth-order valence-electron chi connectivity index (χ4n) is 4.27. The fraction of sp³-hybridized carbons (Fsp3) is 0.308. The molecule has 2 aromatic carbocycles. The second-order valence-electron chi connectivity index (χ2n) is 8.70. The van der Waals surface area contributed by atoms with E-state index in [-0.39, 0.29) is 12.6 Å². The van der Waals surface area contributed by atoms with Crippen LogP contribution in [0.2, 0.25) is 0 Å². The minimum Gasteiger partial charge on any atom is -0.454 e. The molecule has 0 unspecified atom stereocenters. The van der Waals surface area contributed by atoms with Crippen LogP contribution in [0.25, 0.3) is 11.3 Å². The number of carbonyl (C=O) groups is 1. The molecule has 0 bridgehead atoms. The molecule has 1 fully saturated rings. The number of hydrogen-bond acceptors (Lipinski definition) is 5. The van der Waals surface area contributed by atoms with Crippen molar-refractivity contribution in [3.05, 3.63) is 77.5 Å². The number of fused-ring (bicyclic) bond motifs is 1. The van der Waals surface area contributed by atoms with E-state index in [4.69, 9.17) is 14.5 Å². The van der Waals surface area contributed by atoms with Gasteiger partial charge in [-0.15, -0.1) is 0 Å². The number of pyridine rings is 1. The van der Waals surface area contributed by atoms with Gasteiger partial charge in [0.1, 0.15) is 5.78 Å². The number of Topliss-reactive ketones (excluding diaryl/α,β-unsaturated/α-hetero) is 1. The molecule has 0 radical (unpaired) electrons. The van der Waals surface area contributed by atoms with Crippen LogP contribution in [0.4, 0.5) is 0 Å². The van der Waals surface area contributed by atoms with Gasteiger partial charge in [0, 0.05) is 24.2 Å². The Morgan fingerprint density at radius 2 is 1.77 bits per heavy atom. The summed E-state index contributed by atoms with van der Waals surface area (Å²) in [7, 11) is 4.12. The van der Waals surface area contributed by atoms with Gasteiger partial charge in [-0.05, 0) is 62.3 Å². The summed E-state index contributed by atoms with van der Waals surface area (Å²) < 4.78 is 10.9. The first-order chi connectivity index (χ1) is 15.0. The zero-order chi connectivity index (χ0) is 21.4. The molecule has 1 aliphatic heterocycles. The number of ketones is 1. The summed E-state index contributed by atoms with van der Waals surface area (Å²) in [5.41, 5.74) is 4.65. The molecule has 0 saturated heterocycles. The first kappa shape index (κ1) is 19.8. The maximum absolute atomic E-state index is 13.3. The highest BCUT2D eigenvalue weighted by Gasteiger charge is 2.50. The molecule has 158 valence electrons. The Morgan fingerprint density at radius 1 is 1.00 bits per heavy atom. The average Bonchev–Trinajstić information content (AvgIpc) is 3.45. The molecule has 1 aromatic heterocycles. The van der Waals surface area contributed by atoms with Crippen LogP contribution >= 0.6 is 0 Å². The summed E-state index contributed by atoms with van der Waals surface area (Å²) in [6.45, 7) is 1.15. The molecule has 1 aliphatic carbocycles. The molecule has 5 heteroatoms. The Balaban J connectivity index is 1.33. The lowest BCUT2D eigenvalue weighted by Crippen LogP contribution is -2.23. The van der Waals surface area contributed by atoms with E-state index in [0.29, 0.717) is 6.42 Å². The van der Waals surface area contributed by atoms with E-state index in [0.717, 1.165) is 53.4 Å². The Kier molecular flexibility index (Phi) is 4.98. The van der Waals surface area contributed by atoms with E-state index in [9.17, 15) is 4.79 Å². The van der Waals surface area contributed by atoms with Crippen molar-refractivity contribution in [2.45, 2.75) is 31.2 Å². The van der Waals surface area contributed by atoms with Crippen LogP contribution < -0.4 is 9.47 Å². The van der Waals surface area contributed by atoms with Gasteiger partial charge >= 0.3 is 0 Å². The van der Waals surface area contributed by atoms with Gasteiger partial charge in [-0.2, -0.15) is 0 Å². The molecule has 0 amide bonds. The molecule has 5 nitrogen and oxygen atoms in total. The van der Waals surface area contributed by atoms with Crippen molar-refractivity contribution in [2.75, 3.05) is 20.9 Å². The van der Waals surface area contributed by atoms with Crippen molar-refractivity contribution in [1.82, 2.24) is 9.88 Å². The van der Waals surface area contributed by atoms with Crippen LogP contribution in [0.1, 0.15) is 29.7 Å². The standard InChI is InChI=1S/C26H26N2O3/c1-28(2)16-18-6-8-19(9-7-18)22-5-3-4-21(27-22)15-25(29)26(12-13-26)20-10-11-23-24(14-20)31-17-30-23/h3-11,14H,12-13,15-17H2,1-2H3. The van der Waals surface area contributed by atoms with E-state index in [2.05, 4.69) is 43.3 Å². The van der Waals surface area contributed by atoms with Gasteiger partial charge in [-0.3, -0.25) is 9.78 Å². The Bertz CT molecular complexity index is 1120. The summed E-state index contributed by atoms with van der Waals surface area (Å²) in [5, 5.41) is 0. The highest BCUT2D eigenvalue weighted by atomic mass is 16.7. The minimum absolute atomic E-state index is 0.220. The van der Waals surface area contributed by atoms with Crippen molar-refractivity contribution in [3.8, 4) is 22.8 Å². The van der Waals surface area contributed by atoms with E-state index >= 15 is 0 Å². The van der Waals surface area contributed by atoms with Crippen molar-refractivity contribution in [1.29, 1.82) is 0 Å². The maximum atomic E-state index is 13.3. The number of benzene rings is 2. The van der Waals surface area contributed by atoms with E-state index in [1.807, 2.05) is 36.4 Å². The number of ether oxygens (including phenoxy) is 2. The summed E-state index contributed by atoms with van der Waals surface area (Å²) in [6.07, 6.45) is 2.08. The second kappa shape index (κ2) is 7.82. The maximum Gasteiger partial charge on any atom is 0.231 e. The zero-order valence-electron chi connectivity index (χ0n) is 17.9. The van der Waals surface area contributed by atoms with Crippen LogP contribution in [0.15, 0.2) is 60.7 Å². The SMILES string of the molecule is CN(C)Cc1ccc(-c2cccc(CC(=O)C3(c4ccc5c(c4)OCO5)CC3)n2)cc1. The lowest BCUT2D eigenvalue weighted by molar-refractivity contribution is -0.120. The largest absolute Gasteiger partial charge is 0.454 e. The summed E-state index contributed by atoms with van der Waals surface area (Å²) in [5.74, 6) is 1.70. The van der Waals surface area contributed by atoms with Gasteiger partial charge in [0.25, 0.3) is 0 Å². The summed E-state index contributed by atoms with van der Waals surface area (Å²) >= 11 is 0. The number of hydrogen-bond donors (Lipinski definition) is 0. The lowest BCUT2D eigenvalue weighted by Gasteiger charge is -2.15. The molecular formula is C26H26N2O3. The van der Waals surface area contributed by atoms with Crippen LogP contribution in [0.3, 0.4) is 0 Å².